The number of ether oxygens (including phenoxy) is 2. The number of carbonyl (C=O) groups excluding carboxylic acids is 1. The molecule has 1 saturated heterocycles. The number of rotatable bonds is 8. The molecule has 190 valence electrons. The van der Waals surface area contributed by atoms with E-state index in [1.165, 1.54) is 5.56 Å². The summed E-state index contributed by atoms with van der Waals surface area (Å²) >= 11 is 0. The summed E-state index contributed by atoms with van der Waals surface area (Å²) in [6.45, 7) is 7.04. The molecule has 4 aromatic rings. The average Bonchev–Trinajstić information content (AvgIpc) is 3.28. The molecule has 0 atom stereocenters. The third-order valence-corrected chi connectivity index (χ3v) is 6.35. The van der Waals surface area contributed by atoms with Crippen molar-refractivity contribution in [2.24, 2.45) is 5.10 Å². The molecule has 0 amide bonds. The smallest absolute Gasteiger partial charge is 0.227 e. The van der Waals surface area contributed by atoms with Gasteiger partial charge in [-0.1, -0.05) is 48.0 Å². The van der Waals surface area contributed by atoms with Gasteiger partial charge >= 0.3 is 0 Å². The highest BCUT2D eigenvalue weighted by Crippen LogP contribution is 2.26. The highest BCUT2D eigenvalue weighted by Gasteiger charge is 2.15. The Labute approximate surface area is 216 Å². The highest BCUT2D eigenvalue weighted by atomic mass is 16.5. The van der Waals surface area contributed by atoms with Gasteiger partial charge in [-0.2, -0.15) is 10.1 Å². The number of para-hydroxylation sites is 1. The number of fused-ring (bicyclic) bond motifs is 1. The maximum atomic E-state index is 12.1. The van der Waals surface area contributed by atoms with Crippen LogP contribution in [-0.4, -0.2) is 54.6 Å². The molecular weight excluding hydrogens is 466 g/mol. The summed E-state index contributed by atoms with van der Waals surface area (Å²) in [5.74, 6) is 1.12. The van der Waals surface area contributed by atoms with Gasteiger partial charge in [-0.25, -0.2) is 0 Å². The van der Waals surface area contributed by atoms with Crippen LogP contribution >= 0.6 is 0 Å². The number of nitrogens with one attached hydrogen (secondary N) is 1. The van der Waals surface area contributed by atoms with E-state index in [1.807, 2.05) is 54.7 Å². The summed E-state index contributed by atoms with van der Waals surface area (Å²) in [7, 11) is 0. The molecule has 2 aromatic carbocycles. The fourth-order valence-electron chi connectivity index (χ4n) is 4.53. The minimum absolute atomic E-state index is 0.00909. The zero-order valence-corrected chi connectivity index (χ0v) is 21.2. The molecule has 8 nitrogen and oxygen atoms in total. The first-order valence-corrected chi connectivity index (χ1v) is 12.5. The standard InChI is InChI=1S/C29H31N5O3/c1-21-6-5-7-23(16-21)19-30-32-28-17-25(33-11-14-36-15-12-33)18-29(31-28)37-13-10-24-20-34(22(2)35)27-9-4-3-8-26(24)27/h3-9,16-20H,10-15H2,1-2H3,(H,31,32)/b30-19+. The molecule has 0 unspecified atom stereocenters. The molecule has 0 aliphatic carbocycles. The van der Waals surface area contributed by atoms with E-state index in [0.29, 0.717) is 37.9 Å². The number of aryl methyl sites for hydroxylation is 1. The number of benzene rings is 2. The monoisotopic (exact) mass is 497 g/mol. The Morgan fingerprint density at radius 3 is 2.78 bits per heavy atom. The van der Waals surface area contributed by atoms with Crippen molar-refractivity contribution in [1.82, 2.24) is 9.55 Å². The predicted octanol–water partition coefficient (Wildman–Crippen LogP) is 4.91. The largest absolute Gasteiger partial charge is 0.477 e. The Balaban J connectivity index is 1.33. The lowest BCUT2D eigenvalue weighted by Crippen LogP contribution is -2.36. The van der Waals surface area contributed by atoms with E-state index in [1.54, 1.807) is 17.7 Å². The van der Waals surface area contributed by atoms with Crippen LogP contribution in [0.5, 0.6) is 5.88 Å². The molecule has 3 heterocycles. The van der Waals surface area contributed by atoms with Gasteiger partial charge in [0.25, 0.3) is 0 Å². The Morgan fingerprint density at radius 2 is 1.97 bits per heavy atom. The van der Waals surface area contributed by atoms with Crippen molar-refractivity contribution in [2.45, 2.75) is 20.3 Å². The van der Waals surface area contributed by atoms with Crippen molar-refractivity contribution in [3.8, 4) is 5.88 Å². The Bertz CT molecular complexity index is 1420. The zero-order chi connectivity index (χ0) is 25.6. The predicted molar refractivity (Wildman–Crippen MR) is 147 cm³/mol. The zero-order valence-electron chi connectivity index (χ0n) is 21.2. The van der Waals surface area contributed by atoms with Crippen LogP contribution in [0.2, 0.25) is 0 Å². The Morgan fingerprint density at radius 1 is 1.14 bits per heavy atom. The Hall–Kier alpha value is -4.17. The quantitative estimate of drug-likeness (QED) is 0.275. The first kappa shape index (κ1) is 24.5. The number of hydrogen-bond donors (Lipinski definition) is 1. The van der Waals surface area contributed by atoms with Gasteiger partial charge in [0.2, 0.25) is 11.8 Å². The second kappa shape index (κ2) is 11.3. The molecule has 0 saturated carbocycles. The summed E-state index contributed by atoms with van der Waals surface area (Å²) in [4.78, 5) is 19.0. The normalized spacial score (nSPS) is 13.8. The summed E-state index contributed by atoms with van der Waals surface area (Å²) in [6.07, 6.45) is 4.33. The van der Waals surface area contributed by atoms with E-state index in [-0.39, 0.29) is 5.91 Å². The van der Waals surface area contributed by atoms with Gasteiger partial charge in [0.1, 0.15) is 0 Å². The van der Waals surface area contributed by atoms with Gasteiger partial charge in [-0.15, -0.1) is 0 Å². The van der Waals surface area contributed by atoms with Crippen LogP contribution < -0.4 is 15.1 Å². The van der Waals surface area contributed by atoms with Crippen LogP contribution in [0.25, 0.3) is 10.9 Å². The second-order valence-electron chi connectivity index (χ2n) is 9.09. The Kier molecular flexibility index (Phi) is 7.46. The number of anilines is 2. The van der Waals surface area contributed by atoms with Gasteiger partial charge in [-0.3, -0.25) is 14.8 Å². The lowest BCUT2D eigenvalue weighted by molar-refractivity contribution is 0.0941. The molecule has 1 aliphatic rings. The van der Waals surface area contributed by atoms with Crippen LogP contribution in [0.15, 0.2) is 72.0 Å². The van der Waals surface area contributed by atoms with Gasteiger partial charge < -0.3 is 14.4 Å². The minimum atomic E-state index is -0.00909. The summed E-state index contributed by atoms with van der Waals surface area (Å²) in [5, 5.41) is 5.45. The number of aromatic nitrogens is 2. The molecule has 5 rings (SSSR count). The molecule has 37 heavy (non-hydrogen) atoms. The van der Waals surface area contributed by atoms with Gasteiger partial charge in [-0.05, 0) is 24.1 Å². The molecule has 0 bridgehead atoms. The summed E-state index contributed by atoms with van der Waals surface area (Å²) in [5.41, 5.74) is 8.24. The number of hydrazone groups is 1. The maximum Gasteiger partial charge on any atom is 0.227 e. The van der Waals surface area contributed by atoms with E-state index in [0.717, 1.165) is 40.8 Å². The molecule has 2 aromatic heterocycles. The number of morpholine rings is 1. The molecule has 0 radical (unpaired) electrons. The van der Waals surface area contributed by atoms with Crippen LogP contribution in [0.1, 0.15) is 28.4 Å². The average molecular weight is 498 g/mol. The lowest BCUT2D eigenvalue weighted by Gasteiger charge is -2.29. The van der Waals surface area contributed by atoms with E-state index in [9.17, 15) is 4.79 Å². The van der Waals surface area contributed by atoms with Crippen molar-refractivity contribution in [3.63, 3.8) is 0 Å². The second-order valence-corrected chi connectivity index (χ2v) is 9.09. The minimum Gasteiger partial charge on any atom is -0.477 e. The van der Waals surface area contributed by atoms with E-state index >= 15 is 0 Å². The van der Waals surface area contributed by atoms with E-state index in [4.69, 9.17) is 9.47 Å². The first-order chi connectivity index (χ1) is 18.1. The molecular formula is C29H31N5O3. The fraction of sp³-hybridized carbons (Fsp3) is 0.276. The molecule has 1 N–H and O–H groups in total. The number of hydrogen-bond acceptors (Lipinski definition) is 7. The number of pyridine rings is 1. The molecule has 1 fully saturated rings. The summed E-state index contributed by atoms with van der Waals surface area (Å²) < 4.78 is 13.3. The first-order valence-electron chi connectivity index (χ1n) is 12.5. The molecule has 8 heteroatoms. The van der Waals surface area contributed by atoms with Crippen molar-refractivity contribution >= 4 is 34.5 Å². The third kappa shape index (κ3) is 5.98. The van der Waals surface area contributed by atoms with Crippen LogP contribution in [0, 0.1) is 6.92 Å². The van der Waals surface area contributed by atoms with Gasteiger partial charge in [0.05, 0.1) is 31.6 Å². The van der Waals surface area contributed by atoms with Crippen molar-refractivity contribution < 1.29 is 14.3 Å². The van der Waals surface area contributed by atoms with Crippen molar-refractivity contribution in [1.29, 1.82) is 0 Å². The van der Waals surface area contributed by atoms with Gasteiger partial charge in [0.15, 0.2) is 5.82 Å². The van der Waals surface area contributed by atoms with Crippen molar-refractivity contribution in [2.75, 3.05) is 43.2 Å². The third-order valence-electron chi connectivity index (χ3n) is 6.35. The van der Waals surface area contributed by atoms with Crippen molar-refractivity contribution in [3.05, 3.63) is 83.6 Å². The SMILES string of the molecule is CC(=O)n1cc(CCOc2cc(N3CCOCC3)cc(N/N=C/c3cccc(C)c3)n2)c2ccccc21. The maximum absolute atomic E-state index is 12.1. The number of nitrogens with zero attached hydrogens (tertiary/aromatic N) is 4. The summed E-state index contributed by atoms with van der Waals surface area (Å²) in [6, 6.07) is 20.0. The highest BCUT2D eigenvalue weighted by molar-refractivity contribution is 5.93. The molecule has 0 spiro atoms. The topological polar surface area (TPSA) is 81.0 Å². The molecule has 1 aliphatic heterocycles. The van der Waals surface area contributed by atoms with Crippen LogP contribution in [-0.2, 0) is 11.2 Å². The number of carbonyl (C=O) groups is 1. The van der Waals surface area contributed by atoms with Crippen LogP contribution in [0.3, 0.4) is 0 Å². The van der Waals surface area contributed by atoms with Gasteiger partial charge in [0, 0.05) is 55.8 Å². The van der Waals surface area contributed by atoms with E-state index in [2.05, 4.69) is 39.5 Å². The fourth-order valence-corrected chi connectivity index (χ4v) is 4.53. The van der Waals surface area contributed by atoms with Crippen LogP contribution in [0.4, 0.5) is 11.5 Å². The lowest BCUT2D eigenvalue weighted by atomic mass is 10.1. The van der Waals surface area contributed by atoms with E-state index < -0.39 is 0 Å².